The highest BCUT2D eigenvalue weighted by Gasteiger charge is 2.20. The molecule has 3 nitrogen and oxygen atoms in total. The number of benzene rings is 1. The summed E-state index contributed by atoms with van der Waals surface area (Å²) in [6, 6.07) is 5.53. The highest BCUT2D eigenvalue weighted by atomic mass is 16.1. The lowest BCUT2D eigenvalue weighted by molar-refractivity contribution is 0.103. The Labute approximate surface area is 107 Å². The number of nitrogens with one attached hydrogen (secondary N) is 1. The number of ketones is 1. The molecule has 1 aromatic carbocycles. The van der Waals surface area contributed by atoms with Crippen molar-refractivity contribution in [3.05, 3.63) is 51.8 Å². The Bertz CT molecular complexity index is 603. The van der Waals surface area contributed by atoms with Gasteiger partial charge in [-0.25, -0.2) is 0 Å². The van der Waals surface area contributed by atoms with Crippen molar-refractivity contribution in [3.63, 3.8) is 0 Å². The number of aromatic amines is 1. The molecule has 2 rings (SSSR count). The van der Waals surface area contributed by atoms with Crippen molar-refractivity contribution in [3.8, 4) is 0 Å². The van der Waals surface area contributed by atoms with Crippen LogP contribution in [0.4, 0.5) is 5.69 Å². The average Bonchev–Trinajstić information content (AvgIpc) is 2.56. The van der Waals surface area contributed by atoms with Crippen LogP contribution in [0.15, 0.2) is 18.2 Å². The number of rotatable bonds is 2. The van der Waals surface area contributed by atoms with E-state index in [1.54, 1.807) is 6.07 Å². The molecule has 1 aromatic heterocycles. The van der Waals surface area contributed by atoms with Crippen LogP contribution in [0.25, 0.3) is 0 Å². The van der Waals surface area contributed by atoms with Gasteiger partial charge in [-0.3, -0.25) is 4.79 Å². The number of nitrogen functional groups attached to an aromatic ring is 1. The zero-order valence-corrected chi connectivity index (χ0v) is 11.2. The molecule has 2 aromatic rings. The van der Waals surface area contributed by atoms with Crippen molar-refractivity contribution < 1.29 is 4.79 Å². The zero-order chi connectivity index (χ0) is 13.4. The Morgan fingerprint density at radius 3 is 2.28 bits per heavy atom. The Kier molecular flexibility index (Phi) is 2.99. The fourth-order valence-corrected chi connectivity index (χ4v) is 2.20. The van der Waals surface area contributed by atoms with Crippen LogP contribution in [-0.4, -0.2) is 10.8 Å². The quantitative estimate of drug-likeness (QED) is 0.628. The van der Waals surface area contributed by atoms with Crippen molar-refractivity contribution >= 4 is 11.5 Å². The Hall–Kier alpha value is -2.03. The second kappa shape index (κ2) is 4.33. The summed E-state index contributed by atoms with van der Waals surface area (Å²) in [5.74, 6) is -0.0284. The maximum atomic E-state index is 12.6. The molecule has 0 radical (unpaired) electrons. The summed E-state index contributed by atoms with van der Waals surface area (Å²) >= 11 is 0. The number of H-pyrrole nitrogens is 1. The first kappa shape index (κ1) is 12.4. The summed E-state index contributed by atoms with van der Waals surface area (Å²) in [5.41, 5.74) is 11.8. The maximum Gasteiger partial charge on any atom is 0.211 e. The van der Waals surface area contributed by atoms with E-state index >= 15 is 0 Å². The number of hydrogen-bond acceptors (Lipinski definition) is 2. The fraction of sp³-hybridized carbons (Fsp3) is 0.267. The molecular formula is C15H18N2O. The van der Waals surface area contributed by atoms with Gasteiger partial charge in [0.1, 0.15) is 0 Å². The summed E-state index contributed by atoms with van der Waals surface area (Å²) in [5, 5.41) is 0. The molecule has 0 saturated heterocycles. The van der Waals surface area contributed by atoms with Crippen LogP contribution < -0.4 is 5.73 Å². The zero-order valence-electron chi connectivity index (χ0n) is 11.2. The summed E-state index contributed by atoms with van der Waals surface area (Å²) < 4.78 is 0. The largest absolute Gasteiger partial charge is 0.398 e. The first-order chi connectivity index (χ1) is 8.43. The van der Waals surface area contributed by atoms with Gasteiger partial charge in [0.15, 0.2) is 0 Å². The maximum absolute atomic E-state index is 12.6. The summed E-state index contributed by atoms with van der Waals surface area (Å²) in [4.78, 5) is 15.7. The van der Waals surface area contributed by atoms with E-state index in [1.165, 1.54) is 0 Å². The van der Waals surface area contributed by atoms with E-state index in [1.807, 2.05) is 39.8 Å². The minimum absolute atomic E-state index is 0.0284. The molecule has 0 aliphatic heterocycles. The number of hydrogen-bond donors (Lipinski definition) is 2. The molecule has 0 unspecified atom stereocenters. The van der Waals surface area contributed by atoms with Crippen molar-refractivity contribution in [1.29, 1.82) is 0 Å². The van der Waals surface area contributed by atoms with Crippen LogP contribution in [0.2, 0.25) is 0 Å². The molecule has 3 heteroatoms. The first-order valence-electron chi connectivity index (χ1n) is 5.99. The van der Waals surface area contributed by atoms with E-state index in [2.05, 4.69) is 4.98 Å². The smallest absolute Gasteiger partial charge is 0.211 e. The number of aromatic nitrogens is 1. The fourth-order valence-electron chi connectivity index (χ4n) is 2.20. The molecule has 0 spiro atoms. The summed E-state index contributed by atoms with van der Waals surface area (Å²) in [7, 11) is 0. The lowest BCUT2D eigenvalue weighted by Gasteiger charge is -2.08. The minimum Gasteiger partial charge on any atom is -0.398 e. The number of anilines is 1. The molecule has 18 heavy (non-hydrogen) atoms. The molecule has 1 heterocycles. The van der Waals surface area contributed by atoms with Crippen molar-refractivity contribution in [2.75, 3.05) is 5.73 Å². The van der Waals surface area contributed by atoms with Crippen LogP contribution in [0, 0.1) is 27.7 Å². The van der Waals surface area contributed by atoms with Crippen LogP contribution >= 0.6 is 0 Å². The number of aryl methyl sites for hydroxylation is 2. The molecule has 0 amide bonds. The molecule has 0 atom stereocenters. The van der Waals surface area contributed by atoms with Crippen LogP contribution in [0.3, 0.4) is 0 Å². The lowest BCUT2D eigenvalue weighted by Crippen LogP contribution is -2.09. The summed E-state index contributed by atoms with van der Waals surface area (Å²) in [6.07, 6.45) is 0. The third kappa shape index (κ3) is 1.82. The number of nitrogens with two attached hydrogens (primary N) is 1. The standard InChI is InChI=1S/C15H18N2O/c1-8-6-5-7-12(16)13(8)15(18)14-10(3)9(2)11(4)17-14/h5-7,17H,16H2,1-4H3. The molecule has 0 fully saturated rings. The SMILES string of the molecule is Cc1cccc(N)c1C(=O)c1[nH]c(C)c(C)c1C. The van der Waals surface area contributed by atoms with Crippen molar-refractivity contribution in [2.45, 2.75) is 27.7 Å². The predicted molar refractivity (Wildman–Crippen MR) is 74.0 cm³/mol. The average molecular weight is 242 g/mol. The van der Waals surface area contributed by atoms with E-state index in [0.717, 1.165) is 22.4 Å². The second-order valence-electron chi connectivity index (χ2n) is 4.74. The van der Waals surface area contributed by atoms with Crippen LogP contribution in [0.1, 0.15) is 38.4 Å². The molecule has 0 saturated carbocycles. The monoisotopic (exact) mass is 242 g/mol. The van der Waals surface area contributed by atoms with E-state index in [-0.39, 0.29) is 5.78 Å². The molecule has 0 aliphatic rings. The normalized spacial score (nSPS) is 10.7. The Morgan fingerprint density at radius 2 is 1.78 bits per heavy atom. The van der Waals surface area contributed by atoms with Gasteiger partial charge in [0.2, 0.25) is 5.78 Å². The van der Waals surface area contributed by atoms with E-state index in [9.17, 15) is 4.79 Å². The van der Waals surface area contributed by atoms with Gasteiger partial charge in [-0.2, -0.15) is 0 Å². The van der Waals surface area contributed by atoms with Gasteiger partial charge in [0.25, 0.3) is 0 Å². The first-order valence-corrected chi connectivity index (χ1v) is 5.99. The third-order valence-corrected chi connectivity index (χ3v) is 3.57. The van der Waals surface area contributed by atoms with Gasteiger partial charge in [-0.1, -0.05) is 12.1 Å². The van der Waals surface area contributed by atoms with Gasteiger partial charge < -0.3 is 10.7 Å². The van der Waals surface area contributed by atoms with Crippen molar-refractivity contribution in [2.24, 2.45) is 0 Å². The van der Waals surface area contributed by atoms with E-state index in [0.29, 0.717) is 16.9 Å². The molecular weight excluding hydrogens is 224 g/mol. The van der Waals surface area contributed by atoms with E-state index < -0.39 is 0 Å². The van der Waals surface area contributed by atoms with Crippen molar-refractivity contribution in [1.82, 2.24) is 4.98 Å². The van der Waals surface area contributed by atoms with Gasteiger partial charge in [0, 0.05) is 16.9 Å². The van der Waals surface area contributed by atoms with Crippen LogP contribution in [-0.2, 0) is 0 Å². The lowest BCUT2D eigenvalue weighted by atomic mass is 9.98. The Morgan fingerprint density at radius 1 is 1.11 bits per heavy atom. The Balaban J connectivity index is 2.59. The topological polar surface area (TPSA) is 58.9 Å². The minimum atomic E-state index is -0.0284. The van der Waals surface area contributed by atoms with Gasteiger partial charge in [-0.05, 0) is 50.5 Å². The molecule has 94 valence electrons. The number of carbonyl (C=O) groups excluding carboxylic acids is 1. The van der Waals surface area contributed by atoms with Gasteiger partial charge in [0.05, 0.1) is 5.69 Å². The summed E-state index contributed by atoms with van der Waals surface area (Å²) in [6.45, 7) is 7.85. The molecule has 0 bridgehead atoms. The van der Waals surface area contributed by atoms with E-state index in [4.69, 9.17) is 5.73 Å². The van der Waals surface area contributed by atoms with Crippen LogP contribution in [0.5, 0.6) is 0 Å². The third-order valence-electron chi connectivity index (χ3n) is 3.57. The highest BCUT2D eigenvalue weighted by molar-refractivity contribution is 6.13. The van der Waals surface area contributed by atoms with Gasteiger partial charge >= 0.3 is 0 Å². The molecule has 0 aliphatic carbocycles. The predicted octanol–water partition coefficient (Wildman–Crippen LogP) is 3.06. The molecule has 3 N–H and O–H groups in total. The highest BCUT2D eigenvalue weighted by Crippen LogP contribution is 2.24. The second-order valence-corrected chi connectivity index (χ2v) is 4.74. The number of carbonyl (C=O) groups is 1. The van der Waals surface area contributed by atoms with Gasteiger partial charge in [-0.15, -0.1) is 0 Å².